The van der Waals surface area contributed by atoms with Gasteiger partial charge in [0.15, 0.2) is 0 Å². The van der Waals surface area contributed by atoms with Crippen LogP contribution in [-0.4, -0.2) is 39.5 Å². The van der Waals surface area contributed by atoms with E-state index in [-0.39, 0.29) is 0 Å². The van der Waals surface area contributed by atoms with Crippen molar-refractivity contribution in [3.05, 3.63) is 0 Å². The van der Waals surface area contributed by atoms with Crippen LogP contribution in [0.2, 0.25) is 0 Å². The molecule has 0 aromatic rings. The van der Waals surface area contributed by atoms with Crippen LogP contribution in [0.15, 0.2) is 0 Å². The highest BCUT2D eigenvalue weighted by Crippen LogP contribution is 1.90. The summed E-state index contributed by atoms with van der Waals surface area (Å²) in [6.45, 7) is 7.39. The lowest BCUT2D eigenvalue weighted by Gasteiger charge is -2.15. The second-order valence-corrected chi connectivity index (χ2v) is 3.14. The molecule has 0 aliphatic heterocycles. The second-order valence-electron chi connectivity index (χ2n) is 3.14. The Balaban J connectivity index is 3.28. The lowest BCUT2D eigenvalue weighted by Crippen LogP contribution is -2.35. The van der Waals surface area contributed by atoms with Gasteiger partial charge in [-0.05, 0) is 19.9 Å². The summed E-state index contributed by atoms with van der Waals surface area (Å²) in [6, 6.07) is 0.332. The molecule has 0 saturated carbocycles. The number of likely N-dealkylation sites (N-methyl/N-ethyl adjacent to an activating group) is 1. The van der Waals surface area contributed by atoms with E-state index in [0.717, 1.165) is 39.3 Å². The van der Waals surface area contributed by atoms with E-state index in [4.69, 9.17) is 9.47 Å². The van der Waals surface area contributed by atoms with Gasteiger partial charge >= 0.3 is 0 Å². The fraction of sp³-hybridized carbons (Fsp3) is 1.00. The minimum atomic E-state index is 0.332. The molecule has 0 fully saturated rings. The summed E-state index contributed by atoms with van der Waals surface area (Å²) in [5.41, 5.74) is 0. The smallest absolute Gasteiger partial charge is 0.0642 e. The zero-order valence-electron chi connectivity index (χ0n) is 9.14. The first-order chi connectivity index (χ1) is 6.35. The molecule has 0 amide bonds. The average molecular weight is 189 g/mol. The molecule has 0 spiro atoms. The third-order valence-corrected chi connectivity index (χ3v) is 1.74. The fourth-order valence-electron chi connectivity index (χ4n) is 0.955. The first kappa shape index (κ1) is 12.9. The van der Waals surface area contributed by atoms with Crippen LogP contribution in [0.25, 0.3) is 0 Å². The summed E-state index contributed by atoms with van der Waals surface area (Å²) in [6.07, 6.45) is 2.15. The van der Waals surface area contributed by atoms with Crippen molar-refractivity contribution in [2.75, 3.05) is 33.5 Å². The van der Waals surface area contributed by atoms with Crippen molar-refractivity contribution >= 4 is 0 Å². The summed E-state index contributed by atoms with van der Waals surface area (Å²) in [7, 11) is 1.94. The largest absolute Gasteiger partial charge is 0.380 e. The number of rotatable bonds is 9. The zero-order chi connectivity index (χ0) is 9.94. The molecular weight excluding hydrogens is 166 g/mol. The maximum absolute atomic E-state index is 5.42. The van der Waals surface area contributed by atoms with E-state index in [0.29, 0.717) is 6.04 Å². The Morgan fingerprint density at radius 1 is 1.00 bits per heavy atom. The highest BCUT2D eigenvalue weighted by atomic mass is 16.5. The van der Waals surface area contributed by atoms with Crippen LogP contribution < -0.4 is 5.32 Å². The fourth-order valence-corrected chi connectivity index (χ4v) is 0.955. The highest BCUT2D eigenvalue weighted by molar-refractivity contribution is 4.61. The van der Waals surface area contributed by atoms with Crippen LogP contribution in [0.5, 0.6) is 0 Å². The molecular formula is C10H23NO2. The molecule has 80 valence electrons. The summed E-state index contributed by atoms with van der Waals surface area (Å²) >= 11 is 0. The summed E-state index contributed by atoms with van der Waals surface area (Å²) < 4.78 is 10.8. The van der Waals surface area contributed by atoms with Gasteiger partial charge in [-0.1, -0.05) is 13.8 Å². The molecule has 3 heteroatoms. The van der Waals surface area contributed by atoms with Gasteiger partial charge in [-0.2, -0.15) is 0 Å². The topological polar surface area (TPSA) is 30.5 Å². The molecule has 13 heavy (non-hydrogen) atoms. The molecule has 0 aromatic carbocycles. The van der Waals surface area contributed by atoms with E-state index in [1.807, 2.05) is 7.05 Å². The van der Waals surface area contributed by atoms with Gasteiger partial charge < -0.3 is 14.8 Å². The maximum atomic E-state index is 5.42. The van der Waals surface area contributed by atoms with Gasteiger partial charge in [-0.15, -0.1) is 0 Å². The lowest BCUT2D eigenvalue weighted by atomic mass is 10.3. The normalized spacial score (nSPS) is 11.1. The molecule has 0 saturated heterocycles. The van der Waals surface area contributed by atoms with E-state index < -0.39 is 0 Å². The van der Waals surface area contributed by atoms with E-state index in [1.165, 1.54) is 0 Å². The molecule has 0 aliphatic carbocycles. The SMILES string of the molecule is CCCOCC(COCCC)NC. The van der Waals surface area contributed by atoms with Crippen molar-refractivity contribution in [1.82, 2.24) is 5.32 Å². The molecule has 0 atom stereocenters. The van der Waals surface area contributed by atoms with E-state index in [2.05, 4.69) is 19.2 Å². The minimum Gasteiger partial charge on any atom is -0.380 e. The Morgan fingerprint density at radius 2 is 1.46 bits per heavy atom. The van der Waals surface area contributed by atoms with Gasteiger partial charge in [0.25, 0.3) is 0 Å². The molecule has 0 unspecified atom stereocenters. The van der Waals surface area contributed by atoms with Gasteiger partial charge in [0, 0.05) is 13.2 Å². The molecule has 0 bridgehead atoms. The third-order valence-electron chi connectivity index (χ3n) is 1.74. The van der Waals surface area contributed by atoms with Crippen LogP contribution in [0.4, 0.5) is 0 Å². The Labute approximate surface area is 81.8 Å². The maximum Gasteiger partial charge on any atom is 0.0642 e. The average Bonchev–Trinajstić information content (AvgIpc) is 2.16. The van der Waals surface area contributed by atoms with Gasteiger partial charge in [0.2, 0.25) is 0 Å². The Kier molecular flexibility index (Phi) is 9.87. The molecule has 0 heterocycles. The van der Waals surface area contributed by atoms with E-state index in [1.54, 1.807) is 0 Å². The molecule has 0 radical (unpaired) electrons. The Morgan fingerprint density at radius 3 is 1.77 bits per heavy atom. The van der Waals surface area contributed by atoms with Crippen molar-refractivity contribution in [3.63, 3.8) is 0 Å². The van der Waals surface area contributed by atoms with Gasteiger partial charge in [-0.25, -0.2) is 0 Å². The van der Waals surface area contributed by atoms with Crippen LogP contribution in [0.3, 0.4) is 0 Å². The van der Waals surface area contributed by atoms with Crippen LogP contribution >= 0.6 is 0 Å². The number of hydrogen-bond donors (Lipinski definition) is 1. The van der Waals surface area contributed by atoms with Gasteiger partial charge in [0.05, 0.1) is 19.3 Å². The molecule has 3 nitrogen and oxygen atoms in total. The first-order valence-corrected chi connectivity index (χ1v) is 5.17. The Hall–Kier alpha value is -0.120. The quantitative estimate of drug-likeness (QED) is 0.557. The van der Waals surface area contributed by atoms with Crippen LogP contribution in [-0.2, 0) is 9.47 Å². The van der Waals surface area contributed by atoms with Crippen molar-refractivity contribution in [3.8, 4) is 0 Å². The number of ether oxygens (including phenoxy) is 2. The Bertz CT molecular complexity index is 88.9. The lowest BCUT2D eigenvalue weighted by molar-refractivity contribution is 0.0585. The predicted molar refractivity (Wildman–Crippen MR) is 55.1 cm³/mol. The predicted octanol–water partition coefficient (Wildman–Crippen LogP) is 1.43. The van der Waals surface area contributed by atoms with Crippen LogP contribution in [0.1, 0.15) is 26.7 Å². The standard InChI is InChI=1S/C10H23NO2/c1-4-6-12-8-10(11-3)9-13-7-5-2/h10-11H,4-9H2,1-3H3. The summed E-state index contributed by atoms with van der Waals surface area (Å²) in [5, 5.41) is 3.17. The van der Waals surface area contributed by atoms with Crippen LogP contribution in [0, 0.1) is 0 Å². The van der Waals surface area contributed by atoms with E-state index in [9.17, 15) is 0 Å². The molecule has 0 aliphatic rings. The zero-order valence-corrected chi connectivity index (χ0v) is 9.14. The molecule has 0 aromatic heterocycles. The number of hydrogen-bond acceptors (Lipinski definition) is 3. The van der Waals surface area contributed by atoms with Gasteiger partial charge in [0.1, 0.15) is 0 Å². The second kappa shape index (κ2) is 9.96. The summed E-state index contributed by atoms with van der Waals surface area (Å²) in [4.78, 5) is 0. The van der Waals surface area contributed by atoms with Crippen molar-refractivity contribution in [2.45, 2.75) is 32.7 Å². The molecule has 0 rings (SSSR count). The minimum absolute atomic E-state index is 0.332. The number of nitrogens with one attached hydrogen (secondary N) is 1. The third kappa shape index (κ3) is 8.22. The van der Waals surface area contributed by atoms with Crippen molar-refractivity contribution in [2.24, 2.45) is 0 Å². The van der Waals surface area contributed by atoms with E-state index >= 15 is 0 Å². The van der Waals surface area contributed by atoms with Crippen molar-refractivity contribution in [1.29, 1.82) is 0 Å². The monoisotopic (exact) mass is 189 g/mol. The first-order valence-electron chi connectivity index (χ1n) is 5.17. The highest BCUT2D eigenvalue weighted by Gasteiger charge is 2.04. The summed E-state index contributed by atoms with van der Waals surface area (Å²) in [5.74, 6) is 0. The van der Waals surface area contributed by atoms with Gasteiger partial charge in [-0.3, -0.25) is 0 Å². The molecule has 1 N–H and O–H groups in total. The van der Waals surface area contributed by atoms with Crippen molar-refractivity contribution < 1.29 is 9.47 Å².